The number of phenols is 1. The summed E-state index contributed by atoms with van der Waals surface area (Å²) in [6.45, 7) is 2.61. The molecule has 0 bridgehead atoms. The normalized spacial score (nSPS) is 13.9. The Morgan fingerprint density at radius 1 is 1.03 bits per heavy atom. The number of hydrazone groups is 1. The number of benzene rings is 2. The smallest absolute Gasteiger partial charge is 0.250 e. The predicted octanol–water partition coefficient (Wildman–Crippen LogP) is 2.61. The zero-order valence-corrected chi connectivity index (χ0v) is 17.0. The summed E-state index contributed by atoms with van der Waals surface area (Å²) in [4.78, 5) is 15.5. The van der Waals surface area contributed by atoms with Crippen LogP contribution in [0, 0.1) is 0 Å². The second-order valence-corrected chi connectivity index (χ2v) is 6.64. The predicted molar refractivity (Wildman–Crippen MR) is 118 cm³/mol. The summed E-state index contributed by atoms with van der Waals surface area (Å²) in [5.41, 5.74) is 4.18. The molecule has 2 aromatic carbocycles. The number of rotatable bonds is 7. The van der Waals surface area contributed by atoms with Crippen molar-refractivity contribution >= 4 is 29.7 Å². The molecule has 3 aromatic rings. The van der Waals surface area contributed by atoms with Crippen LogP contribution < -0.4 is 20.4 Å². The van der Waals surface area contributed by atoms with E-state index in [1.165, 1.54) is 13.3 Å². The van der Waals surface area contributed by atoms with Crippen LogP contribution >= 0.6 is 0 Å². The van der Waals surface area contributed by atoms with Crippen LogP contribution in [0.3, 0.4) is 0 Å². The van der Waals surface area contributed by atoms with Gasteiger partial charge in [-0.1, -0.05) is 24.3 Å². The molecule has 0 unspecified atom stereocenters. The maximum absolute atomic E-state index is 10.2. The Morgan fingerprint density at radius 2 is 1.81 bits per heavy atom. The van der Waals surface area contributed by atoms with Crippen LogP contribution in [0.2, 0.25) is 0 Å². The van der Waals surface area contributed by atoms with Gasteiger partial charge in [-0.15, -0.1) is 0 Å². The Hall–Kier alpha value is -3.92. The molecule has 0 amide bonds. The van der Waals surface area contributed by atoms with Crippen LogP contribution in [0.15, 0.2) is 53.6 Å². The number of hydrogen-bond donors (Lipinski definition) is 3. The first kappa shape index (κ1) is 20.4. The standard InChI is InChI=1S/C21H23N7O3/c1-30-17-9-5-6-15(18(17)29)14-22-27-20-24-19(23-16-7-3-2-4-8-16)25-21(26-20)28-10-12-31-13-11-28/h2-9,14,29H,10-13H2,1H3,(H2,23,24,25,26,27)/b22-14+. The number of nitrogens with zero attached hydrogens (tertiary/aromatic N) is 5. The minimum atomic E-state index is 0.00614. The van der Waals surface area contributed by atoms with Gasteiger partial charge in [-0.3, -0.25) is 0 Å². The van der Waals surface area contributed by atoms with Gasteiger partial charge in [0.15, 0.2) is 11.5 Å². The molecule has 1 aromatic heterocycles. The van der Waals surface area contributed by atoms with Crippen molar-refractivity contribution in [1.29, 1.82) is 0 Å². The van der Waals surface area contributed by atoms with E-state index >= 15 is 0 Å². The van der Waals surface area contributed by atoms with Gasteiger partial charge in [-0.2, -0.15) is 20.1 Å². The first-order chi connectivity index (χ1) is 15.2. The first-order valence-electron chi connectivity index (χ1n) is 9.79. The van der Waals surface area contributed by atoms with Gasteiger partial charge in [0.25, 0.3) is 0 Å². The van der Waals surface area contributed by atoms with Crippen molar-refractivity contribution in [2.75, 3.05) is 49.1 Å². The fraction of sp³-hybridized carbons (Fsp3) is 0.238. The van der Waals surface area contributed by atoms with E-state index in [1.54, 1.807) is 18.2 Å². The fourth-order valence-corrected chi connectivity index (χ4v) is 2.99. The first-order valence-corrected chi connectivity index (χ1v) is 9.79. The maximum Gasteiger partial charge on any atom is 0.250 e. The van der Waals surface area contributed by atoms with Crippen LogP contribution in [0.4, 0.5) is 23.5 Å². The number of hydrogen-bond acceptors (Lipinski definition) is 10. The molecule has 1 fully saturated rings. The van der Waals surface area contributed by atoms with Crippen LogP contribution in [-0.4, -0.2) is 59.7 Å². The molecular weight excluding hydrogens is 398 g/mol. The maximum atomic E-state index is 10.2. The molecule has 0 radical (unpaired) electrons. The van der Waals surface area contributed by atoms with E-state index < -0.39 is 0 Å². The summed E-state index contributed by atoms with van der Waals surface area (Å²) < 4.78 is 10.5. The molecule has 0 atom stereocenters. The lowest BCUT2D eigenvalue weighted by molar-refractivity contribution is 0.122. The number of para-hydroxylation sites is 2. The molecule has 0 saturated carbocycles. The minimum absolute atomic E-state index is 0.00614. The van der Waals surface area contributed by atoms with Gasteiger partial charge in [0, 0.05) is 24.3 Å². The summed E-state index contributed by atoms with van der Waals surface area (Å²) in [7, 11) is 1.49. The van der Waals surface area contributed by atoms with Gasteiger partial charge in [0.1, 0.15) is 0 Å². The number of anilines is 4. The summed E-state index contributed by atoms with van der Waals surface area (Å²) in [5, 5.41) is 17.6. The topological polar surface area (TPSA) is 117 Å². The number of aromatic nitrogens is 3. The summed E-state index contributed by atoms with van der Waals surface area (Å²) in [5.74, 6) is 1.57. The molecule has 2 heterocycles. The highest BCUT2D eigenvalue weighted by atomic mass is 16.5. The van der Waals surface area contributed by atoms with E-state index in [0.717, 1.165) is 5.69 Å². The SMILES string of the molecule is COc1cccc(/C=N/Nc2nc(Nc3ccccc3)nc(N3CCOCC3)n2)c1O. The quantitative estimate of drug-likeness (QED) is 0.391. The van der Waals surface area contributed by atoms with E-state index in [0.29, 0.717) is 49.5 Å². The van der Waals surface area contributed by atoms with Crippen molar-refractivity contribution in [3.05, 3.63) is 54.1 Å². The molecule has 31 heavy (non-hydrogen) atoms. The van der Waals surface area contributed by atoms with E-state index in [2.05, 4.69) is 30.8 Å². The van der Waals surface area contributed by atoms with Crippen molar-refractivity contribution in [3.8, 4) is 11.5 Å². The van der Waals surface area contributed by atoms with E-state index in [9.17, 15) is 5.11 Å². The molecule has 3 N–H and O–H groups in total. The highest BCUT2D eigenvalue weighted by molar-refractivity contribution is 5.85. The van der Waals surface area contributed by atoms with Crippen LogP contribution in [-0.2, 0) is 4.74 Å². The molecule has 0 aliphatic carbocycles. The van der Waals surface area contributed by atoms with Crippen molar-refractivity contribution in [1.82, 2.24) is 15.0 Å². The molecule has 160 valence electrons. The van der Waals surface area contributed by atoms with Crippen molar-refractivity contribution < 1.29 is 14.6 Å². The number of morpholine rings is 1. The lowest BCUT2D eigenvalue weighted by Crippen LogP contribution is -2.37. The third-order valence-corrected chi connectivity index (χ3v) is 4.57. The van der Waals surface area contributed by atoms with Gasteiger partial charge in [-0.25, -0.2) is 5.43 Å². The zero-order valence-electron chi connectivity index (χ0n) is 17.0. The highest BCUT2D eigenvalue weighted by Gasteiger charge is 2.16. The van der Waals surface area contributed by atoms with Crippen molar-refractivity contribution in [2.24, 2.45) is 5.10 Å². The highest BCUT2D eigenvalue weighted by Crippen LogP contribution is 2.28. The third kappa shape index (κ3) is 5.17. The molecule has 1 aliphatic heterocycles. The second kappa shape index (κ2) is 9.72. The van der Waals surface area contributed by atoms with E-state index in [-0.39, 0.29) is 11.7 Å². The van der Waals surface area contributed by atoms with Crippen LogP contribution in [0.1, 0.15) is 5.56 Å². The van der Waals surface area contributed by atoms with Gasteiger partial charge in [-0.05, 0) is 24.3 Å². The Bertz CT molecular complexity index is 1040. The Labute approximate surface area is 179 Å². The Kier molecular flexibility index (Phi) is 6.38. The monoisotopic (exact) mass is 421 g/mol. The largest absolute Gasteiger partial charge is 0.504 e. The lowest BCUT2D eigenvalue weighted by atomic mass is 10.2. The molecule has 1 aliphatic rings. The fourth-order valence-electron chi connectivity index (χ4n) is 2.99. The average molecular weight is 421 g/mol. The number of aromatic hydroxyl groups is 1. The Balaban J connectivity index is 1.57. The molecule has 1 saturated heterocycles. The second-order valence-electron chi connectivity index (χ2n) is 6.64. The molecule has 4 rings (SSSR count). The van der Waals surface area contributed by atoms with Crippen LogP contribution in [0.5, 0.6) is 11.5 Å². The summed E-state index contributed by atoms with van der Waals surface area (Å²) in [6.07, 6.45) is 1.47. The Morgan fingerprint density at radius 3 is 2.58 bits per heavy atom. The van der Waals surface area contributed by atoms with Gasteiger partial charge in [0.05, 0.1) is 26.5 Å². The van der Waals surface area contributed by atoms with Crippen molar-refractivity contribution in [2.45, 2.75) is 0 Å². The van der Waals surface area contributed by atoms with Gasteiger partial charge in [0.2, 0.25) is 17.8 Å². The summed E-state index contributed by atoms with van der Waals surface area (Å²) in [6, 6.07) is 14.8. The molecule has 10 heteroatoms. The van der Waals surface area contributed by atoms with E-state index in [4.69, 9.17) is 9.47 Å². The molecule has 10 nitrogen and oxygen atoms in total. The number of phenolic OH excluding ortho intramolecular Hbond substituents is 1. The number of methoxy groups -OCH3 is 1. The molecular formula is C21H23N7O3. The third-order valence-electron chi connectivity index (χ3n) is 4.57. The van der Waals surface area contributed by atoms with Crippen LogP contribution in [0.25, 0.3) is 0 Å². The lowest BCUT2D eigenvalue weighted by Gasteiger charge is -2.27. The summed E-state index contributed by atoms with van der Waals surface area (Å²) >= 11 is 0. The average Bonchev–Trinajstić information content (AvgIpc) is 2.81. The zero-order chi connectivity index (χ0) is 21.5. The number of nitrogens with one attached hydrogen (secondary N) is 2. The minimum Gasteiger partial charge on any atom is -0.504 e. The molecule has 0 spiro atoms. The van der Waals surface area contributed by atoms with Crippen molar-refractivity contribution in [3.63, 3.8) is 0 Å². The van der Waals surface area contributed by atoms with Gasteiger partial charge >= 0.3 is 0 Å². The van der Waals surface area contributed by atoms with Gasteiger partial charge < -0.3 is 24.8 Å². The van der Waals surface area contributed by atoms with E-state index in [1.807, 2.05) is 35.2 Å². The number of ether oxygens (including phenoxy) is 2.